The first kappa shape index (κ1) is 15.4. The van der Waals surface area contributed by atoms with Crippen molar-refractivity contribution in [3.05, 3.63) is 54.6 Å². The number of hydrogen-bond acceptors (Lipinski definition) is 3. The number of aliphatic hydroxyl groups excluding tert-OH is 1. The van der Waals surface area contributed by atoms with E-state index in [0.29, 0.717) is 0 Å². The summed E-state index contributed by atoms with van der Waals surface area (Å²) >= 11 is 0. The van der Waals surface area contributed by atoms with Gasteiger partial charge in [0.25, 0.3) is 0 Å². The largest absolute Gasteiger partial charge is 0.390 e. The summed E-state index contributed by atoms with van der Waals surface area (Å²) in [5, 5.41) is 14.9. The summed E-state index contributed by atoms with van der Waals surface area (Å²) in [7, 11) is 0. The minimum absolute atomic E-state index is 0.243. The Bertz CT molecular complexity index is 582. The number of hydrogen-bond donors (Lipinski definition) is 1. The van der Waals surface area contributed by atoms with Crippen molar-refractivity contribution in [1.29, 1.82) is 0 Å². The molecule has 0 saturated carbocycles. The van der Waals surface area contributed by atoms with Gasteiger partial charge in [0.15, 0.2) is 0 Å². The topological polar surface area (TPSA) is 50.9 Å². The average molecular weight is 285 g/mol. The molecule has 2 rings (SSSR count). The molecule has 2 aromatic rings. The molecule has 4 heteroatoms. The fourth-order valence-corrected chi connectivity index (χ4v) is 2.25. The molecular formula is C17H23N3O. The van der Waals surface area contributed by atoms with Crippen LogP contribution in [-0.2, 0) is 0 Å². The van der Waals surface area contributed by atoms with Crippen molar-refractivity contribution < 1.29 is 5.11 Å². The zero-order valence-corrected chi connectivity index (χ0v) is 13.1. The van der Waals surface area contributed by atoms with Crippen LogP contribution < -0.4 is 0 Å². The van der Waals surface area contributed by atoms with Gasteiger partial charge in [-0.1, -0.05) is 57.2 Å². The first-order valence-electron chi connectivity index (χ1n) is 7.15. The molecule has 0 aliphatic carbocycles. The smallest absolute Gasteiger partial charge is 0.137 e. The summed E-state index contributed by atoms with van der Waals surface area (Å²) in [5.41, 5.74) is 2.01. The van der Waals surface area contributed by atoms with E-state index in [0.717, 1.165) is 11.1 Å². The van der Waals surface area contributed by atoms with Crippen molar-refractivity contribution in [2.75, 3.05) is 0 Å². The molecule has 4 nitrogen and oxygen atoms in total. The van der Waals surface area contributed by atoms with Crippen molar-refractivity contribution in [2.24, 2.45) is 5.41 Å². The SMILES string of the molecule is C/C(=C/C(C(O)C(C)(C)C)n1cncn1)c1ccccc1. The van der Waals surface area contributed by atoms with Gasteiger partial charge in [-0.15, -0.1) is 0 Å². The lowest BCUT2D eigenvalue weighted by atomic mass is 9.84. The zero-order chi connectivity index (χ0) is 15.5. The Labute approximate surface area is 126 Å². The Morgan fingerprint density at radius 1 is 1.24 bits per heavy atom. The summed E-state index contributed by atoms with van der Waals surface area (Å²) in [6, 6.07) is 9.90. The fourth-order valence-electron chi connectivity index (χ4n) is 2.25. The summed E-state index contributed by atoms with van der Waals surface area (Å²) in [6.07, 6.45) is 4.64. The fraction of sp³-hybridized carbons (Fsp3) is 0.412. The molecule has 0 bridgehead atoms. The van der Waals surface area contributed by atoms with Gasteiger partial charge in [-0.25, -0.2) is 9.67 Å². The molecule has 0 aliphatic heterocycles. The maximum Gasteiger partial charge on any atom is 0.137 e. The lowest BCUT2D eigenvalue weighted by Gasteiger charge is -2.31. The maximum atomic E-state index is 10.7. The van der Waals surface area contributed by atoms with Crippen LogP contribution in [0.25, 0.3) is 5.57 Å². The number of nitrogens with zero attached hydrogens (tertiary/aromatic N) is 3. The highest BCUT2D eigenvalue weighted by molar-refractivity contribution is 5.63. The predicted octanol–water partition coefficient (Wildman–Crippen LogP) is 3.33. The molecule has 1 aromatic heterocycles. The molecule has 21 heavy (non-hydrogen) atoms. The average Bonchev–Trinajstić information content (AvgIpc) is 2.97. The first-order chi connectivity index (χ1) is 9.89. The Kier molecular flexibility index (Phi) is 4.58. The Hall–Kier alpha value is -1.94. The van der Waals surface area contributed by atoms with E-state index in [-0.39, 0.29) is 11.5 Å². The van der Waals surface area contributed by atoms with Crippen molar-refractivity contribution in [3.63, 3.8) is 0 Å². The van der Waals surface area contributed by atoms with Gasteiger partial charge in [-0.3, -0.25) is 0 Å². The molecule has 0 radical (unpaired) electrons. The quantitative estimate of drug-likeness (QED) is 0.937. The van der Waals surface area contributed by atoms with Gasteiger partial charge in [0.05, 0.1) is 12.1 Å². The van der Waals surface area contributed by atoms with Crippen LogP contribution in [0.2, 0.25) is 0 Å². The van der Waals surface area contributed by atoms with Gasteiger partial charge in [-0.2, -0.15) is 5.10 Å². The van der Waals surface area contributed by atoms with Crippen molar-refractivity contribution in [1.82, 2.24) is 14.8 Å². The van der Waals surface area contributed by atoms with E-state index in [4.69, 9.17) is 0 Å². The third kappa shape index (κ3) is 3.79. The molecule has 2 unspecified atom stereocenters. The molecule has 1 heterocycles. The van der Waals surface area contributed by atoms with Gasteiger partial charge in [-0.05, 0) is 23.5 Å². The lowest BCUT2D eigenvalue weighted by molar-refractivity contribution is 0.0286. The van der Waals surface area contributed by atoms with Crippen molar-refractivity contribution in [3.8, 4) is 0 Å². The minimum atomic E-state index is -0.558. The van der Waals surface area contributed by atoms with Gasteiger partial charge >= 0.3 is 0 Å². The van der Waals surface area contributed by atoms with Crippen molar-refractivity contribution >= 4 is 5.57 Å². The van der Waals surface area contributed by atoms with E-state index in [2.05, 4.69) is 35.2 Å². The third-order valence-electron chi connectivity index (χ3n) is 3.60. The van der Waals surface area contributed by atoms with Crippen LogP contribution in [0.15, 0.2) is 49.1 Å². The molecule has 0 saturated heterocycles. The molecule has 1 aromatic carbocycles. The first-order valence-corrected chi connectivity index (χ1v) is 7.15. The molecule has 0 aliphatic rings. The molecule has 1 N–H and O–H groups in total. The monoisotopic (exact) mass is 285 g/mol. The Balaban J connectivity index is 2.37. The molecule has 0 spiro atoms. The molecular weight excluding hydrogens is 262 g/mol. The van der Waals surface area contributed by atoms with E-state index in [1.54, 1.807) is 11.0 Å². The summed E-state index contributed by atoms with van der Waals surface area (Å²) in [6.45, 7) is 8.11. The number of aromatic nitrogens is 3. The highest BCUT2D eigenvalue weighted by atomic mass is 16.3. The van der Waals surface area contributed by atoms with Crippen LogP contribution in [0.3, 0.4) is 0 Å². The second-order valence-corrected chi connectivity index (χ2v) is 6.39. The Morgan fingerprint density at radius 2 is 1.90 bits per heavy atom. The van der Waals surface area contributed by atoms with E-state index in [1.807, 2.05) is 39.0 Å². The zero-order valence-electron chi connectivity index (χ0n) is 13.1. The summed E-state index contributed by atoms with van der Waals surface area (Å²) < 4.78 is 1.71. The van der Waals surface area contributed by atoms with Crippen LogP contribution >= 0.6 is 0 Å². The summed E-state index contributed by atoms with van der Waals surface area (Å²) in [5.74, 6) is 0. The van der Waals surface area contributed by atoms with Crippen LogP contribution in [0.5, 0.6) is 0 Å². The van der Waals surface area contributed by atoms with Gasteiger partial charge < -0.3 is 5.11 Å². The number of rotatable bonds is 4. The Morgan fingerprint density at radius 3 is 2.43 bits per heavy atom. The standard InChI is InChI=1S/C17H23N3O/c1-13(14-8-6-5-7-9-14)10-15(16(21)17(2,3)4)20-12-18-11-19-20/h5-12,15-16,21H,1-4H3/b13-10-. The van der Waals surface area contributed by atoms with E-state index < -0.39 is 6.10 Å². The highest BCUT2D eigenvalue weighted by Crippen LogP contribution is 2.30. The normalized spacial score (nSPS) is 15.8. The van der Waals surface area contributed by atoms with Crippen LogP contribution in [-0.4, -0.2) is 26.0 Å². The minimum Gasteiger partial charge on any atom is -0.390 e. The van der Waals surface area contributed by atoms with E-state index in [1.165, 1.54) is 6.33 Å². The number of aliphatic hydroxyl groups is 1. The van der Waals surface area contributed by atoms with Gasteiger partial charge in [0.2, 0.25) is 0 Å². The van der Waals surface area contributed by atoms with Gasteiger partial charge in [0, 0.05) is 0 Å². The van der Waals surface area contributed by atoms with Crippen LogP contribution in [0.1, 0.15) is 39.3 Å². The second-order valence-electron chi connectivity index (χ2n) is 6.39. The second kappa shape index (κ2) is 6.22. The third-order valence-corrected chi connectivity index (χ3v) is 3.60. The molecule has 0 fully saturated rings. The molecule has 0 amide bonds. The lowest BCUT2D eigenvalue weighted by Crippen LogP contribution is -2.35. The number of allylic oxidation sites excluding steroid dienone is 1. The predicted molar refractivity (Wildman–Crippen MR) is 84.6 cm³/mol. The molecule has 112 valence electrons. The van der Waals surface area contributed by atoms with Crippen LogP contribution in [0.4, 0.5) is 0 Å². The van der Waals surface area contributed by atoms with Crippen molar-refractivity contribution in [2.45, 2.75) is 39.8 Å². The van der Waals surface area contributed by atoms with Crippen LogP contribution in [0, 0.1) is 5.41 Å². The van der Waals surface area contributed by atoms with E-state index in [9.17, 15) is 5.11 Å². The summed E-state index contributed by atoms with van der Waals surface area (Å²) in [4.78, 5) is 4.00. The maximum absolute atomic E-state index is 10.7. The number of benzene rings is 1. The van der Waals surface area contributed by atoms with Gasteiger partial charge in [0.1, 0.15) is 12.7 Å². The van der Waals surface area contributed by atoms with E-state index >= 15 is 0 Å². The highest BCUT2D eigenvalue weighted by Gasteiger charge is 2.31. The molecule has 2 atom stereocenters.